The van der Waals surface area contributed by atoms with E-state index in [9.17, 15) is 9.59 Å². The molecule has 1 saturated carbocycles. The first-order valence-corrected chi connectivity index (χ1v) is 7.34. The van der Waals surface area contributed by atoms with Crippen molar-refractivity contribution in [1.29, 1.82) is 0 Å². The predicted molar refractivity (Wildman–Crippen MR) is 75.5 cm³/mol. The number of hydrogen-bond acceptors (Lipinski definition) is 3. The van der Waals surface area contributed by atoms with E-state index in [-0.39, 0.29) is 17.9 Å². The van der Waals surface area contributed by atoms with Crippen molar-refractivity contribution in [2.24, 2.45) is 5.73 Å². The summed E-state index contributed by atoms with van der Waals surface area (Å²) in [6.07, 6.45) is 5.90. The maximum absolute atomic E-state index is 12.0. The second kappa shape index (κ2) is 7.48. The Morgan fingerprint density at radius 1 is 1.26 bits per heavy atom. The average molecular weight is 269 g/mol. The Morgan fingerprint density at radius 3 is 2.47 bits per heavy atom. The summed E-state index contributed by atoms with van der Waals surface area (Å²) in [5, 5.41) is 5.66. The van der Waals surface area contributed by atoms with Gasteiger partial charge in [-0.1, -0.05) is 26.2 Å². The molecular formula is C14H27N3O2. The monoisotopic (exact) mass is 269 g/mol. The van der Waals surface area contributed by atoms with Gasteiger partial charge < -0.3 is 16.4 Å². The lowest BCUT2D eigenvalue weighted by atomic mass is 9.82. The Kier molecular flexibility index (Phi) is 6.28. The smallest absolute Gasteiger partial charge is 0.240 e. The number of carbonyl (C=O) groups is 2. The van der Waals surface area contributed by atoms with Crippen molar-refractivity contribution in [2.75, 3.05) is 6.54 Å². The fraction of sp³-hybridized carbons (Fsp3) is 0.857. The van der Waals surface area contributed by atoms with Gasteiger partial charge in [-0.15, -0.1) is 0 Å². The molecule has 0 aliphatic heterocycles. The van der Waals surface area contributed by atoms with Crippen molar-refractivity contribution < 1.29 is 9.59 Å². The molecule has 5 nitrogen and oxygen atoms in total. The van der Waals surface area contributed by atoms with Gasteiger partial charge in [-0.2, -0.15) is 0 Å². The zero-order valence-corrected chi connectivity index (χ0v) is 12.1. The third kappa shape index (κ3) is 5.19. The van der Waals surface area contributed by atoms with Crippen LogP contribution in [-0.4, -0.2) is 29.9 Å². The molecule has 0 aromatic rings. The lowest BCUT2D eigenvalue weighted by molar-refractivity contribution is -0.127. The molecule has 0 aromatic carbocycles. The minimum Gasteiger partial charge on any atom is -0.354 e. The van der Waals surface area contributed by atoms with Crippen LogP contribution in [0, 0.1) is 0 Å². The Labute approximate surface area is 115 Å². The van der Waals surface area contributed by atoms with Gasteiger partial charge in [0.2, 0.25) is 11.8 Å². The average Bonchev–Trinajstić information content (AvgIpc) is 2.39. The van der Waals surface area contributed by atoms with Crippen LogP contribution in [-0.2, 0) is 9.59 Å². The maximum atomic E-state index is 12.0. The van der Waals surface area contributed by atoms with Crippen molar-refractivity contribution in [1.82, 2.24) is 10.6 Å². The normalized spacial score (nSPS) is 19.5. The second-order valence-electron chi connectivity index (χ2n) is 5.60. The Morgan fingerprint density at radius 2 is 1.89 bits per heavy atom. The first kappa shape index (κ1) is 16.0. The number of carbonyl (C=O) groups excluding carboxylic acids is 2. The number of amides is 2. The molecule has 0 spiro atoms. The summed E-state index contributed by atoms with van der Waals surface area (Å²) in [7, 11) is 0. The molecule has 0 saturated heterocycles. The van der Waals surface area contributed by atoms with Crippen LogP contribution in [0.15, 0.2) is 0 Å². The third-order valence-corrected chi connectivity index (χ3v) is 3.86. The van der Waals surface area contributed by atoms with E-state index in [2.05, 4.69) is 10.6 Å². The van der Waals surface area contributed by atoms with Crippen LogP contribution in [0.4, 0.5) is 0 Å². The number of hydrogen-bond donors (Lipinski definition) is 3. The molecule has 1 aliphatic carbocycles. The Bertz CT molecular complexity index is 312. The molecule has 1 unspecified atom stereocenters. The molecule has 1 rings (SSSR count). The summed E-state index contributed by atoms with van der Waals surface area (Å²) in [4.78, 5) is 23.6. The van der Waals surface area contributed by atoms with Crippen molar-refractivity contribution in [3.05, 3.63) is 0 Å². The number of rotatable bonds is 6. The summed E-state index contributed by atoms with van der Waals surface area (Å²) in [6, 6.07) is 0.183. The zero-order chi connectivity index (χ0) is 14.3. The summed E-state index contributed by atoms with van der Waals surface area (Å²) in [5.41, 5.74) is 5.39. The van der Waals surface area contributed by atoms with Gasteiger partial charge in [0.1, 0.15) is 0 Å². The van der Waals surface area contributed by atoms with Gasteiger partial charge in [-0.3, -0.25) is 9.59 Å². The van der Waals surface area contributed by atoms with Crippen LogP contribution < -0.4 is 16.4 Å². The lowest BCUT2D eigenvalue weighted by Crippen LogP contribution is -2.55. The topological polar surface area (TPSA) is 84.2 Å². The number of nitrogens with one attached hydrogen (secondary N) is 2. The van der Waals surface area contributed by atoms with Gasteiger partial charge in [-0.25, -0.2) is 0 Å². The van der Waals surface area contributed by atoms with Crippen molar-refractivity contribution in [3.8, 4) is 0 Å². The molecule has 4 N–H and O–H groups in total. The largest absolute Gasteiger partial charge is 0.354 e. The second-order valence-corrected chi connectivity index (χ2v) is 5.60. The fourth-order valence-electron chi connectivity index (χ4n) is 2.32. The Balaban J connectivity index is 2.25. The summed E-state index contributed by atoms with van der Waals surface area (Å²) in [5.74, 6) is -0.132. The van der Waals surface area contributed by atoms with E-state index in [1.54, 1.807) is 0 Å². The highest BCUT2D eigenvalue weighted by Gasteiger charge is 2.34. The van der Waals surface area contributed by atoms with Gasteiger partial charge in [0.15, 0.2) is 0 Å². The van der Waals surface area contributed by atoms with Crippen LogP contribution in [0.25, 0.3) is 0 Å². The fourth-order valence-corrected chi connectivity index (χ4v) is 2.32. The molecular weight excluding hydrogens is 242 g/mol. The highest BCUT2D eigenvalue weighted by molar-refractivity contribution is 5.86. The van der Waals surface area contributed by atoms with E-state index in [4.69, 9.17) is 5.73 Å². The highest BCUT2D eigenvalue weighted by atomic mass is 16.2. The Hall–Kier alpha value is -1.10. The van der Waals surface area contributed by atoms with Crippen LogP contribution in [0.1, 0.15) is 58.8 Å². The zero-order valence-electron chi connectivity index (χ0n) is 12.1. The number of nitrogens with two attached hydrogens (primary N) is 1. The van der Waals surface area contributed by atoms with Gasteiger partial charge in [-0.05, 0) is 26.2 Å². The van der Waals surface area contributed by atoms with E-state index in [0.29, 0.717) is 13.0 Å². The summed E-state index contributed by atoms with van der Waals surface area (Å²) >= 11 is 0. The van der Waals surface area contributed by atoms with Crippen molar-refractivity contribution >= 4 is 11.8 Å². The molecule has 1 aliphatic rings. The summed E-state index contributed by atoms with van der Waals surface area (Å²) in [6.45, 7) is 4.35. The van der Waals surface area contributed by atoms with Gasteiger partial charge >= 0.3 is 0 Å². The molecule has 1 atom stereocenters. The predicted octanol–water partition coefficient (Wildman–Crippen LogP) is 1.07. The lowest BCUT2D eigenvalue weighted by Gasteiger charge is -2.31. The molecule has 19 heavy (non-hydrogen) atoms. The van der Waals surface area contributed by atoms with Crippen LogP contribution in [0.5, 0.6) is 0 Å². The summed E-state index contributed by atoms with van der Waals surface area (Å²) < 4.78 is 0. The van der Waals surface area contributed by atoms with Gasteiger partial charge in [0.05, 0.1) is 5.54 Å². The van der Waals surface area contributed by atoms with Crippen molar-refractivity contribution in [2.45, 2.75) is 70.4 Å². The minimum atomic E-state index is -0.717. The van der Waals surface area contributed by atoms with Crippen LogP contribution in [0.3, 0.4) is 0 Å². The van der Waals surface area contributed by atoms with Gasteiger partial charge in [0, 0.05) is 19.0 Å². The van der Waals surface area contributed by atoms with Crippen LogP contribution >= 0.6 is 0 Å². The van der Waals surface area contributed by atoms with E-state index in [0.717, 1.165) is 38.5 Å². The highest BCUT2D eigenvalue weighted by Crippen LogP contribution is 2.25. The quantitative estimate of drug-likeness (QED) is 0.674. The SMILES string of the molecule is CCC(C)NC(=O)CCNC(=O)C1(N)CCCCC1. The van der Waals surface area contributed by atoms with Crippen LogP contribution in [0.2, 0.25) is 0 Å². The molecule has 110 valence electrons. The molecule has 0 aromatic heterocycles. The van der Waals surface area contributed by atoms with E-state index in [1.807, 2.05) is 13.8 Å². The first-order valence-electron chi connectivity index (χ1n) is 7.34. The molecule has 2 amide bonds. The molecule has 0 heterocycles. The maximum Gasteiger partial charge on any atom is 0.240 e. The van der Waals surface area contributed by atoms with Gasteiger partial charge in [0.25, 0.3) is 0 Å². The standard InChI is InChI=1S/C14H27N3O2/c1-3-11(2)17-12(18)7-10-16-13(19)14(15)8-5-4-6-9-14/h11H,3-10,15H2,1-2H3,(H,16,19)(H,17,18). The van der Waals surface area contributed by atoms with E-state index < -0.39 is 5.54 Å². The molecule has 0 bridgehead atoms. The molecule has 0 radical (unpaired) electrons. The van der Waals surface area contributed by atoms with E-state index >= 15 is 0 Å². The van der Waals surface area contributed by atoms with Crippen molar-refractivity contribution in [3.63, 3.8) is 0 Å². The van der Waals surface area contributed by atoms with E-state index in [1.165, 1.54) is 0 Å². The third-order valence-electron chi connectivity index (χ3n) is 3.86. The molecule has 5 heteroatoms. The minimum absolute atomic E-state index is 0.0237. The first-order chi connectivity index (χ1) is 8.98. The molecule has 1 fully saturated rings.